The molecule has 0 aliphatic carbocycles. The molecule has 0 spiro atoms. The van der Waals surface area contributed by atoms with Crippen LogP contribution in [0.5, 0.6) is 0 Å². The maximum absolute atomic E-state index is 12.5. The number of nitrogens with zero attached hydrogens (tertiary/aromatic N) is 1. The van der Waals surface area contributed by atoms with E-state index in [-0.39, 0.29) is 6.04 Å². The summed E-state index contributed by atoms with van der Waals surface area (Å²) in [5.41, 5.74) is 6.33. The molecule has 1 aromatic rings. The minimum Gasteiger partial charge on any atom is -0.329 e. The molecule has 0 bridgehead atoms. The molecule has 0 radical (unpaired) electrons. The fraction of sp³-hybridized carbons (Fsp3) is 0.538. The van der Waals surface area contributed by atoms with Gasteiger partial charge in [-0.3, -0.25) is 4.72 Å². The lowest BCUT2D eigenvalue weighted by Crippen LogP contribution is -2.49. The summed E-state index contributed by atoms with van der Waals surface area (Å²) in [6.07, 6.45) is 4.69. The van der Waals surface area contributed by atoms with Crippen molar-refractivity contribution < 1.29 is 8.42 Å². The van der Waals surface area contributed by atoms with Gasteiger partial charge in [-0.25, -0.2) is 0 Å². The van der Waals surface area contributed by atoms with Crippen molar-refractivity contribution in [3.8, 4) is 0 Å². The lowest BCUT2D eigenvalue weighted by Gasteiger charge is -2.34. The molecule has 0 amide bonds. The number of nitrogens with two attached hydrogens (primary N) is 1. The topological polar surface area (TPSA) is 75.4 Å². The Bertz CT molecular complexity index is 548. The van der Waals surface area contributed by atoms with E-state index in [1.807, 2.05) is 24.5 Å². The summed E-state index contributed by atoms with van der Waals surface area (Å²) in [6.45, 7) is 0.906. The zero-order valence-corrected chi connectivity index (χ0v) is 13.2. The van der Waals surface area contributed by atoms with Gasteiger partial charge in [0, 0.05) is 24.0 Å². The van der Waals surface area contributed by atoms with Crippen LogP contribution in [0.3, 0.4) is 0 Å². The molecule has 1 atom stereocenters. The van der Waals surface area contributed by atoms with E-state index >= 15 is 0 Å². The van der Waals surface area contributed by atoms with E-state index in [2.05, 4.69) is 4.72 Å². The second-order valence-electron chi connectivity index (χ2n) is 4.80. The normalized spacial score (nSPS) is 20.8. The first-order valence-corrected chi connectivity index (χ1v) is 9.37. The quantitative estimate of drug-likeness (QED) is 0.814. The highest BCUT2D eigenvalue weighted by atomic mass is 32.2. The first-order valence-electron chi connectivity index (χ1n) is 6.71. The maximum atomic E-state index is 12.5. The predicted molar refractivity (Wildman–Crippen MR) is 84.2 cm³/mol. The first-order chi connectivity index (χ1) is 9.58. The Balaban J connectivity index is 2.22. The molecule has 1 aliphatic rings. The van der Waals surface area contributed by atoms with Crippen molar-refractivity contribution in [2.24, 2.45) is 5.73 Å². The number of hydrogen-bond acceptors (Lipinski definition) is 4. The van der Waals surface area contributed by atoms with Gasteiger partial charge in [-0.05, 0) is 31.2 Å². The summed E-state index contributed by atoms with van der Waals surface area (Å²) < 4.78 is 29.3. The summed E-state index contributed by atoms with van der Waals surface area (Å²) in [4.78, 5) is 0.914. The molecule has 3 N–H and O–H groups in total. The van der Waals surface area contributed by atoms with Gasteiger partial charge in [0.2, 0.25) is 0 Å². The highest BCUT2D eigenvalue weighted by Crippen LogP contribution is 2.27. The fourth-order valence-electron chi connectivity index (χ4n) is 2.45. The minimum absolute atomic E-state index is 0.0947. The number of benzene rings is 1. The van der Waals surface area contributed by atoms with Crippen LogP contribution in [0.4, 0.5) is 5.69 Å². The highest BCUT2D eigenvalue weighted by molar-refractivity contribution is 7.98. The molecular weight excluding hydrogens is 294 g/mol. The molecule has 1 fully saturated rings. The summed E-state index contributed by atoms with van der Waals surface area (Å²) in [6, 6.07) is 7.31. The van der Waals surface area contributed by atoms with Crippen molar-refractivity contribution in [3.05, 3.63) is 24.3 Å². The van der Waals surface area contributed by atoms with Crippen LogP contribution in [-0.2, 0) is 10.2 Å². The lowest BCUT2D eigenvalue weighted by molar-refractivity contribution is 0.259. The van der Waals surface area contributed by atoms with Crippen molar-refractivity contribution in [3.63, 3.8) is 0 Å². The Labute approximate surface area is 125 Å². The van der Waals surface area contributed by atoms with Gasteiger partial charge in [-0.15, -0.1) is 11.8 Å². The molecule has 1 aliphatic heterocycles. The number of rotatable bonds is 5. The van der Waals surface area contributed by atoms with E-state index in [0.29, 0.717) is 18.8 Å². The Kier molecular flexibility index (Phi) is 5.31. The molecule has 7 heteroatoms. The number of nitrogens with one attached hydrogen (secondary N) is 1. The summed E-state index contributed by atoms with van der Waals surface area (Å²) in [5.74, 6) is 0. The average molecular weight is 315 g/mol. The standard InChI is InChI=1S/C13H21N3O2S2/c1-19-13-8-3-2-7-12(13)15-20(17,18)16-9-5-4-6-11(16)10-14/h2-3,7-8,11,15H,4-6,9-10,14H2,1H3. The third kappa shape index (κ3) is 3.46. The molecule has 1 saturated heterocycles. The summed E-state index contributed by atoms with van der Waals surface area (Å²) in [7, 11) is -3.54. The Morgan fingerprint density at radius 2 is 2.15 bits per heavy atom. The zero-order chi connectivity index (χ0) is 14.6. The van der Waals surface area contributed by atoms with Crippen molar-refractivity contribution in [2.75, 3.05) is 24.1 Å². The maximum Gasteiger partial charge on any atom is 0.301 e. The van der Waals surface area contributed by atoms with Gasteiger partial charge >= 0.3 is 10.2 Å². The molecule has 5 nitrogen and oxygen atoms in total. The summed E-state index contributed by atoms with van der Waals surface area (Å²) in [5, 5.41) is 0. The zero-order valence-electron chi connectivity index (χ0n) is 11.6. The lowest BCUT2D eigenvalue weighted by atomic mass is 10.1. The van der Waals surface area contributed by atoms with Crippen LogP contribution in [0.1, 0.15) is 19.3 Å². The number of thioether (sulfide) groups is 1. The van der Waals surface area contributed by atoms with Crippen LogP contribution >= 0.6 is 11.8 Å². The van der Waals surface area contributed by atoms with Crippen LogP contribution in [0.25, 0.3) is 0 Å². The molecule has 1 aromatic carbocycles. The van der Waals surface area contributed by atoms with E-state index in [1.54, 1.807) is 6.07 Å². The average Bonchev–Trinajstić information content (AvgIpc) is 2.47. The van der Waals surface area contributed by atoms with Crippen molar-refractivity contribution in [1.82, 2.24) is 4.31 Å². The second-order valence-corrected chi connectivity index (χ2v) is 7.27. The van der Waals surface area contributed by atoms with Crippen LogP contribution in [0.15, 0.2) is 29.2 Å². The molecule has 1 unspecified atom stereocenters. The van der Waals surface area contributed by atoms with Crippen LogP contribution < -0.4 is 10.5 Å². The smallest absolute Gasteiger partial charge is 0.301 e. The van der Waals surface area contributed by atoms with Crippen LogP contribution in [0, 0.1) is 0 Å². The molecule has 0 saturated carbocycles. The van der Waals surface area contributed by atoms with Crippen molar-refractivity contribution in [2.45, 2.75) is 30.2 Å². The Morgan fingerprint density at radius 1 is 1.40 bits per heavy atom. The Morgan fingerprint density at radius 3 is 2.85 bits per heavy atom. The van der Waals surface area contributed by atoms with Gasteiger partial charge in [0.05, 0.1) is 5.69 Å². The minimum atomic E-state index is -3.54. The van der Waals surface area contributed by atoms with E-state index in [1.165, 1.54) is 16.1 Å². The number of anilines is 1. The SMILES string of the molecule is CSc1ccccc1NS(=O)(=O)N1CCCCC1CN. The van der Waals surface area contributed by atoms with Crippen LogP contribution in [-0.4, -0.2) is 38.1 Å². The van der Waals surface area contributed by atoms with Gasteiger partial charge in [0.1, 0.15) is 0 Å². The molecule has 1 heterocycles. The fourth-order valence-corrected chi connectivity index (χ4v) is 4.60. The van der Waals surface area contributed by atoms with E-state index in [9.17, 15) is 8.42 Å². The highest BCUT2D eigenvalue weighted by Gasteiger charge is 2.31. The van der Waals surface area contributed by atoms with E-state index in [4.69, 9.17) is 5.73 Å². The number of hydrogen-bond donors (Lipinski definition) is 2. The third-order valence-corrected chi connectivity index (χ3v) is 5.87. The monoisotopic (exact) mass is 315 g/mol. The molecule has 2 rings (SSSR count). The molecule has 20 heavy (non-hydrogen) atoms. The van der Waals surface area contributed by atoms with Gasteiger partial charge in [0.15, 0.2) is 0 Å². The number of piperidine rings is 1. The van der Waals surface area contributed by atoms with E-state index in [0.717, 1.165) is 24.2 Å². The summed E-state index contributed by atoms with van der Waals surface area (Å²) >= 11 is 1.52. The van der Waals surface area contributed by atoms with Gasteiger partial charge in [-0.1, -0.05) is 18.6 Å². The Hall–Kier alpha value is -0.760. The predicted octanol–water partition coefficient (Wildman–Crippen LogP) is 1.88. The van der Waals surface area contributed by atoms with Gasteiger partial charge in [0.25, 0.3) is 0 Å². The first kappa shape index (κ1) is 15.6. The number of para-hydroxylation sites is 1. The van der Waals surface area contributed by atoms with Crippen molar-refractivity contribution in [1.29, 1.82) is 0 Å². The largest absolute Gasteiger partial charge is 0.329 e. The molecular formula is C13H21N3O2S2. The molecule has 112 valence electrons. The van der Waals surface area contributed by atoms with Gasteiger partial charge in [-0.2, -0.15) is 12.7 Å². The van der Waals surface area contributed by atoms with E-state index < -0.39 is 10.2 Å². The molecule has 0 aromatic heterocycles. The third-order valence-electron chi connectivity index (χ3n) is 3.50. The van der Waals surface area contributed by atoms with Crippen molar-refractivity contribution >= 4 is 27.7 Å². The van der Waals surface area contributed by atoms with Crippen LogP contribution in [0.2, 0.25) is 0 Å². The van der Waals surface area contributed by atoms with Gasteiger partial charge < -0.3 is 5.73 Å². The second kappa shape index (κ2) is 6.80.